The van der Waals surface area contributed by atoms with Crippen molar-refractivity contribution in [1.82, 2.24) is 14.8 Å². The van der Waals surface area contributed by atoms with Crippen molar-refractivity contribution in [3.8, 4) is 17.1 Å². The minimum atomic E-state index is -0.260. The Bertz CT molecular complexity index is 841. The van der Waals surface area contributed by atoms with E-state index in [1.54, 1.807) is 23.9 Å². The van der Waals surface area contributed by atoms with Crippen LogP contribution in [0.4, 0.5) is 4.39 Å². The Balaban J connectivity index is 1.60. The highest BCUT2D eigenvalue weighted by molar-refractivity contribution is 7.99. The van der Waals surface area contributed by atoms with Gasteiger partial charge >= 0.3 is 0 Å². The number of benzene rings is 2. The predicted octanol–water partition coefficient (Wildman–Crippen LogP) is 4.41. The lowest BCUT2D eigenvalue weighted by molar-refractivity contribution is 0.339. The zero-order valence-corrected chi connectivity index (χ0v) is 15.3. The second-order valence-corrected chi connectivity index (χ2v) is 6.85. The van der Waals surface area contributed by atoms with Crippen LogP contribution in [0.25, 0.3) is 11.4 Å². The largest absolute Gasteiger partial charge is 0.492 e. The van der Waals surface area contributed by atoms with E-state index in [2.05, 4.69) is 10.2 Å². The Morgan fingerprint density at radius 3 is 2.40 bits per heavy atom. The number of nitrogens with zero attached hydrogens (tertiary/aromatic N) is 3. The van der Waals surface area contributed by atoms with E-state index in [9.17, 15) is 4.39 Å². The van der Waals surface area contributed by atoms with E-state index in [1.807, 2.05) is 43.7 Å². The molecule has 0 radical (unpaired) electrons. The fourth-order valence-electron chi connectivity index (χ4n) is 2.59. The van der Waals surface area contributed by atoms with Crippen molar-refractivity contribution in [2.24, 2.45) is 7.05 Å². The van der Waals surface area contributed by atoms with Crippen LogP contribution in [0.1, 0.15) is 11.1 Å². The highest BCUT2D eigenvalue weighted by Gasteiger charge is 2.11. The van der Waals surface area contributed by atoms with Gasteiger partial charge in [0.15, 0.2) is 11.0 Å². The van der Waals surface area contributed by atoms with E-state index in [1.165, 1.54) is 12.1 Å². The fraction of sp³-hybridized carbons (Fsp3) is 0.263. The quantitative estimate of drug-likeness (QED) is 0.484. The van der Waals surface area contributed by atoms with E-state index in [4.69, 9.17) is 4.74 Å². The molecule has 0 aliphatic carbocycles. The Kier molecular flexibility index (Phi) is 5.38. The summed E-state index contributed by atoms with van der Waals surface area (Å²) in [6.45, 7) is 4.69. The van der Waals surface area contributed by atoms with Crippen LogP contribution in [0.15, 0.2) is 47.6 Å². The summed E-state index contributed by atoms with van der Waals surface area (Å²) in [5.41, 5.74) is 3.12. The molecule has 6 heteroatoms. The summed E-state index contributed by atoms with van der Waals surface area (Å²) in [5.74, 6) is 2.18. The molecule has 0 saturated heterocycles. The summed E-state index contributed by atoms with van der Waals surface area (Å²) in [6, 6.07) is 12.4. The molecule has 3 rings (SSSR count). The summed E-state index contributed by atoms with van der Waals surface area (Å²) < 4.78 is 20.9. The van der Waals surface area contributed by atoms with E-state index >= 15 is 0 Å². The maximum atomic E-state index is 13.0. The third kappa shape index (κ3) is 4.02. The monoisotopic (exact) mass is 357 g/mol. The van der Waals surface area contributed by atoms with Crippen molar-refractivity contribution in [1.29, 1.82) is 0 Å². The number of hydrogen-bond donors (Lipinski definition) is 0. The molecule has 130 valence electrons. The van der Waals surface area contributed by atoms with E-state index in [-0.39, 0.29) is 5.82 Å². The summed E-state index contributed by atoms with van der Waals surface area (Å²) >= 11 is 1.59. The molecule has 2 aromatic carbocycles. The number of hydrogen-bond acceptors (Lipinski definition) is 4. The van der Waals surface area contributed by atoms with Crippen molar-refractivity contribution in [3.05, 3.63) is 59.4 Å². The molecule has 3 aromatic rings. The van der Waals surface area contributed by atoms with Crippen LogP contribution in [-0.2, 0) is 7.05 Å². The van der Waals surface area contributed by atoms with Gasteiger partial charge in [-0.15, -0.1) is 10.2 Å². The Morgan fingerprint density at radius 1 is 1.04 bits per heavy atom. The van der Waals surface area contributed by atoms with Gasteiger partial charge in [-0.3, -0.25) is 0 Å². The predicted molar refractivity (Wildman–Crippen MR) is 98.5 cm³/mol. The minimum Gasteiger partial charge on any atom is -0.492 e. The minimum absolute atomic E-state index is 0.260. The van der Waals surface area contributed by atoms with Gasteiger partial charge in [-0.05, 0) is 49.2 Å². The lowest BCUT2D eigenvalue weighted by Crippen LogP contribution is -2.04. The average molecular weight is 357 g/mol. The molecule has 1 heterocycles. The van der Waals surface area contributed by atoms with Gasteiger partial charge in [0, 0.05) is 18.4 Å². The number of aryl methyl sites for hydroxylation is 2. The first-order valence-electron chi connectivity index (χ1n) is 8.03. The molecule has 0 spiro atoms. The molecule has 0 saturated carbocycles. The van der Waals surface area contributed by atoms with Crippen LogP contribution in [0.5, 0.6) is 5.75 Å². The average Bonchev–Trinajstić information content (AvgIpc) is 2.95. The first-order chi connectivity index (χ1) is 12.1. The number of para-hydroxylation sites is 1. The SMILES string of the molecule is Cc1cccc(C)c1OCCSc1nnc(-c2ccc(F)cc2)n1C. The van der Waals surface area contributed by atoms with Crippen LogP contribution >= 0.6 is 11.8 Å². The summed E-state index contributed by atoms with van der Waals surface area (Å²) in [4.78, 5) is 0. The normalized spacial score (nSPS) is 10.9. The first-order valence-corrected chi connectivity index (χ1v) is 9.02. The number of halogens is 1. The van der Waals surface area contributed by atoms with Crippen LogP contribution in [0.2, 0.25) is 0 Å². The zero-order valence-electron chi connectivity index (χ0n) is 14.5. The standard InChI is InChI=1S/C19H20FN3OS/c1-13-5-4-6-14(2)17(13)24-11-12-25-19-22-21-18(23(19)3)15-7-9-16(20)10-8-15/h4-10H,11-12H2,1-3H3. The van der Waals surface area contributed by atoms with Gasteiger partial charge < -0.3 is 9.30 Å². The Labute approximate surface area is 151 Å². The second-order valence-electron chi connectivity index (χ2n) is 5.79. The van der Waals surface area contributed by atoms with Crippen molar-refractivity contribution in [2.75, 3.05) is 12.4 Å². The molecule has 0 aliphatic rings. The van der Waals surface area contributed by atoms with Crippen LogP contribution < -0.4 is 4.74 Å². The maximum absolute atomic E-state index is 13.0. The first kappa shape index (κ1) is 17.5. The summed E-state index contributed by atoms with van der Waals surface area (Å²) in [7, 11) is 1.91. The topological polar surface area (TPSA) is 39.9 Å². The van der Waals surface area contributed by atoms with Gasteiger partial charge in [0.05, 0.1) is 6.61 Å². The van der Waals surface area contributed by atoms with Gasteiger partial charge in [0.25, 0.3) is 0 Å². The molecule has 25 heavy (non-hydrogen) atoms. The van der Waals surface area contributed by atoms with Gasteiger partial charge in [-0.1, -0.05) is 30.0 Å². The molecule has 4 nitrogen and oxygen atoms in total. The Hall–Kier alpha value is -2.34. The zero-order chi connectivity index (χ0) is 17.8. The van der Waals surface area contributed by atoms with Crippen molar-refractivity contribution >= 4 is 11.8 Å². The molecule has 0 amide bonds. The molecule has 0 atom stereocenters. The lowest BCUT2D eigenvalue weighted by atomic mass is 10.1. The van der Waals surface area contributed by atoms with Gasteiger partial charge in [0.1, 0.15) is 11.6 Å². The smallest absolute Gasteiger partial charge is 0.191 e. The highest BCUT2D eigenvalue weighted by atomic mass is 32.2. The summed E-state index contributed by atoms with van der Waals surface area (Å²) in [6.07, 6.45) is 0. The van der Waals surface area contributed by atoms with Gasteiger partial charge in [-0.2, -0.15) is 0 Å². The Morgan fingerprint density at radius 2 is 1.72 bits per heavy atom. The number of thioether (sulfide) groups is 1. The molecule has 0 unspecified atom stereocenters. The molecule has 0 fully saturated rings. The number of ether oxygens (including phenoxy) is 1. The molecule has 0 aliphatic heterocycles. The third-order valence-electron chi connectivity index (χ3n) is 3.91. The van der Waals surface area contributed by atoms with Gasteiger partial charge in [0.2, 0.25) is 0 Å². The van der Waals surface area contributed by atoms with Crippen LogP contribution in [0, 0.1) is 19.7 Å². The molecule has 0 N–H and O–H groups in total. The molecular weight excluding hydrogens is 337 g/mol. The molecule has 0 bridgehead atoms. The number of rotatable bonds is 6. The lowest BCUT2D eigenvalue weighted by Gasteiger charge is -2.11. The number of aromatic nitrogens is 3. The van der Waals surface area contributed by atoms with Crippen molar-refractivity contribution in [2.45, 2.75) is 19.0 Å². The highest BCUT2D eigenvalue weighted by Crippen LogP contribution is 2.25. The van der Waals surface area contributed by atoms with E-state index in [0.29, 0.717) is 6.61 Å². The fourth-order valence-corrected chi connectivity index (χ4v) is 3.32. The van der Waals surface area contributed by atoms with Crippen molar-refractivity contribution in [3.63, 3.8) is 0 Å². The third-order valence-corrected chi connectivity index (χ3v) is 4.89. The molecular formula is C19H20FN3OS. The van der Waals surface area contributed by atoms with Gasteiger partial charge in [-0.25, -0.2) is 4.39 Å². The molecule has 1 aromatic heterocycles. The van der Waals surface area contributed by atoms with Crippen molar-refractivity contribution < 1.29 is 9.13 Å². The van der Waals surface area contributed by atoms with E-state index < -0.39 is 0 Å². The van der Waals surface area contributed by atoms with E-state index in [0.717, 1.165) is 39.2 Å². The maximum Gasteiger partial charge on any atom is 0.191 e. The van der Waals surface area contributed by atoms with Crippen LogP contribution in [0.3, 0.4) is 0 Å². The van der Waals surface area contributed by atoms with Crippen LogP contribution in [-0.4, -0.2) is 27.1 Å². The second kappa shape index (κ2) is 7.70. The summed E-state index contributed by atoms with van der Waals surface area (Å²) in [5, 5.41) is 9.24.